The first-order valence-electron chi connectivity index (χ1n) is 6.13. The van der Waals surface area contributed by atoms with Crippen LogP contribution in [0.4, 0.5) is 0 Å². The van der Waals surface area contributed by atoms with Crippen LogP contribution in [0, 0.1) is 0 Å². The molecule has 0 amide bonds. The zero-order valence-electron chi connectivity index (χ0n) is 10.0. The lowest BCUT2D eigenvalue weighted by molar-refractivity contribution is 0.145. The standard InChI is InChI=1S/C13H17N3O/c1-16-12-5-3-2-4-11(12)15-13(16)17-10-6-8-14-9-7-10/h2-5,10,14H,6-9H2,1H3. The van der Waals surface area contributed by atoms with E-state index in [1.54, 1.807) is 0 Å². The second-order valence-corrected chi connectivity index (χ2v) is 4.51. The van der Waals surface area contributed by atoms with Crippen molar-refractivity contribution in [2.45, 2.75) is 18.9 Å². The van der Waals surface area contributed by atoms with Crippen LogP contribution in [-0.2, 0) is 7.05 Å². The molecule has 0 saturated carbocycles. The highest BCUT2D eigenvalue weighted by Crippen LogP contribution is 2.21. The summed E-state index contributed by atoms with van der Waals surface area (Å²) in [5, 5.41) is 3.33. The molecule has 0 aliphatic carbocycles. The van der Waals surface area contributed by atoms with Crippen LogP contribution in [0.5, 0.6) is 6.01 Å². The number of rotatable bonds is 2. The average molecular weight is 231 g/mol. The molecule has 1 saturated heterocycles. The molecule has 3 rings (SSSR count). The molecule has 90 valence electrons. The van der Waals surface area contributed by atoms with Gasteiger partial charge in [0.05, 0.1) is 11.0 Å². The highest BCUT2D eigenvalue weighted by molar-refractivity contribution is 5.76. The summed E-state index contributed by atoms with van der Waals surface area (Å²) in [6.45, 7) is 2.07. The number of imidazole rings is 1. The smallest absolute Gasteiger partial charge is 0.297 e. The summed E-state index contributed by atoms with van der Waals surface area (Å²) in [6.07, 6.45) is 2.42. The van der Waals surface area contributed by atoms with Crippen molar-refractivity contribution in [3.63, 3.8) is 0 Å². The van der Waals surface area contributed by atoms with E-state index in [2.05, 4.69) is 16.4 Å². The average Bonchev–Trinajstić information content (AvgIpc) is 2.68. The summed E-state index contributed by atoms with van der Waals surface area (Å²) >= 11 is 0. The lowest BCUT2D eigenvalue weighted by Crippen LogP contribution is -2.34. The lowest BCUT2D eigenvalue weighted by atomic mass is 10.1. The van der Waals surface area contributed by atoms with Crippen molar-refractivity contribution in [3.8, 4) is 6.01 Å². The van der Waals surface area contributed by atoms with Gasteiger partial charge in [-0.15, -0.1) is 0 Å². The topological polar surface area (TPSA) is 39.1 Å². The largest absolute Gasteiger partial charge is 0.461 e. The normalized spacial score (nSPS) is 17.5. The Labute approximate surface area is 101 Å². The lowest BCUT2D eigenvalue weighted by Gasteiger charge is -2.23. The highest BCUT2D eigenvalue weighted by Gasteiger charge is 2.17. The fourth-order valence-electron chi connectivity index (χ4n) is 2.29. The molecule has 1 N–H and O–H groups in total. The molecule has 1 aromatic carbocycles. The predicted molar refractivity (Wildman–Crippen MR) is 67.2 cm³/mol. The Hall–Kier alpha value is -1.55. The van der Waals surface area contributed by atoms with Gasteiger partial charge in [0.15, 0.2) is 0 Å². The van der Waals surface area contributed by atoms with E-state index >= 15 is 0 Å². The Bertz CT molecular complexity index is 514. The summed E-state index contributed by atoms with van der Waals surface area (Å²) in [7, 11) is 2.01. The summed E-state index contributed by atoms with van der Waals surface area (Å²) in [4.78, 5) is 4.53. The van der Waals surface area contributed by atoms with Crippen LogP contribution in [-0.4, -0.2) is 28.7 Å². The number of benzene rings is 1. The molecule has 2 heterocycles. The molecule has 0 atom stereocenters. The first-order valence-corrected chi connectivity index (χ1v) is 6.13. The van der Waals surface area contributed by atoms with E-state index in [9.17, 15) is 0 Å². The summed E-state index contributed by atoms with van der Waals surface area (Å²) < 4.78 is 8.01. The van der Waals surface area contributed by atoms with Gasteiger partial charge in [0.2, 0.25) is 0 Å². The van der Waals surface area contributed by atoms with Crippen LogP contribution in [0.2, 0.25) is 0 Å². The van der Waals surface area contributed by atoms with E-state index in [1.807, 2.05) is 29.8 Å². The molecule has 4 heteroatoms. The van der Waals surface area contributed by atoms with E-state index in [0.717, 1.165) is 43.0 Å². The number of para-hydroxylation sites is 2. The molecule has 0 spiro atoms. The number of aromatic nitrogens is 2. The summed E-state index contributed by atoms with van der Waals surface area (Å²) in [5.41, 5.74) is 2.12. The van der Waals surface area contributed by atoms with Crippen molar-refractivity contribution in [2.24, 2.45) is 7.05 Å². The Kier molecular flexibility index (Phi) is 2.73. The molecule has 1 aliphatic rings. The minimum absolute atomic E-state index is 0.298. The monoisotopic (exact) mass is 231 g/mol. The van der Waals surface area contributed by atoms with Crippen LogP contribution in [0.3, 0.4) is 0 Å². The van der Waals surface area contributed by atoms with Crippen molar-refractivity contribution in [2.75, 3.05) is 13.1 Å². The van der Waals surface area contributed by atoms with Gasteiger partial charge in [-0.25, -0.2) is 0 Å². The third-order valence-corrected chi connectivity index (χ3v) is 3.30. The molecule has 17 heavy (non-hydrogen) atoms. The quantitative estimate of drug-likeness (QED) is 0.855. The van der Waals surface area contributed by atoms with Crippen LogP contribution in [0.15, 0.2) is 24.3 Å². The number of ether oxygens (including phenoxy) is 1. The van der Waals surface area contributed by atoms with E-state index in [1.165, 1.54) is 0 Å². The van der Waals surface area contributed by atoms with Crippen LogP contribution >= 0.6 is 0 Å². The first kappa shape index (κ1) is 10.6. The fourth-order valence-corrected chi connectivity index (χ4v) is 2.29. The van der Waals surface area contributed by atoms with Crippen molar-refractivity contribution < 1.29 is 4.74 Å². The van der Waals surface area contributed by atoms with E-state index in [4.69, 9.17) is 4.74 Å². The minimum Gasteiger partial charge on any atom is -0.461 e. The molecule has 0 radical (unpaired) electrons. The van der Waals surface area contributed by atoms with Crippen molar-refractivity contribution in [3.05, 3.63) is 24.3 Å². The Balaban J connectivity index is 1.87. The van der Waals surface area contributed by atoms with Gasteiger partial charge in [-0.05, 0) is 38.1 Å². The molecule has 1 aromatic heterocycles. The van der Waals surface area contributed by atoms with Crippen molar-refractivity contribution >= 4 is 11.0 Å². The van der Waals surface area contributed by atoms with Crippen LogP contribution in [0.1, 0.15) is 12.8 Å². The van der Waals surface area contributed by atoms with E-state index in [0.29, 0.717) is 6.10 Å². The van der Waals surface area contributed by atoms with Crippen molar-refractivity contribution in [1.29, 1.82) is 0 Å². The fraction of sp³-hybridized carbons (Fsp3) is 0.462. The molecule has 1 aliphatic heterocycles. The third kappa shape index (κ3) is 2.00. The molecule has 0 unspecified atom stereocenters. The second-order valence-electron chi connectivity index (χ2n) is 4.51. The zero-order chi connectivity index (χ0) is 11.7. The first-order chi connectivity index (χ1) is 8.34. The van der Waals surface area contributed by atoms with Gasteiger partial charge in [0.1, 0.15) is 6.10 Å². The Morgan fingerprint density at radius 1 is 1.29 bits per heavy atom. The molecule has 4 nitrogen and oxygen atoms in total. The summed E-state index contributed by atoms with van der Waals surface area (Å²) in [5.74, 6) is 0. The van der Waals surface area contributed by atoms with Gasteiger partial charge in [-0.1, -0.05) is 12.1 Å². The van der Waals surface area contributed by atoms with Gasteiger partial charge in [-0.3, -0.25) is 4.57 Å². The van der Waals surface area contributed by atoms with Gasteiger partial charge >= 0.3 is 0 Å². The van der Waals surface area contributed by atoms with Crippen molar-refractivity contribution in [1.82, 2.24) is 14.9 Å². The number of hydrogen-bond acceptors (Lipinski definition) is 3. The van der Waals surface area contributed by atoms with Crippen LogP contribution in [0.25, 0.3) is 11.0 Å². The SMILES string of the molecule is Cn1c(OC2CCNCC2)nc2ccccc21. The second kappa shape index (κ2) is 4.37. The van der Waals surface area contributed by atoms with E-state index < -0.39 is 0 Å². The molecule has 0 bridgehead atoms. The maximum absolute atomic E-state index is 5.98. The number of piperidine rings is 1. The number of fused-ring (bicyclic) bond motifs is 1. The molecule has 1 fully saturated rings. The van der Waals surface area contributed by atoms with Crippen LogP contribution < -0.4 is 10.1 Å². The van der Waals surface area contributed by atoms with Gasteiger partial charge in [0, 0.05) is 7.05 Å². The van der Waals surface area contributed by atoms with Gasteiger partial charge in [-0.2, -0.15) is 4.98 Å². The minimum atomic E-state index is 0.298. The summed E-state index contributed by atoms with van der Waals surface area (Å²) in [6, 6.07) is 8.85. The Morgan fingerprint density at radius 3 is 2.82 bits per heavy atom. The number of nitrogens with one attached hydrogen (secondary N) is 1. The number of hydrogen-bond donors (Lipinski definition) is 1. The predicted octanol–water partition coefficient (Wildman–Crippen LogP) is 1.70. The maximum Gasteiger partial charge on any atom is 0.297 e. The highest BCUT2D eigenvalue weighted by atomic mass is 16.5. The Morgan fingerprint density at radius 2 is 2.06 bits per heavy atom. The van der Waals surface area contributed by atoms with E-state index in [-0.39, 0.29) is 0 Å². The molecular formula is C13H17N3O. The zero-order valence-corrected chi connectivity index (χ0v) is 10.0. The van der Waals surface area contributed by atoms with Gasteiger partial charge in [0.25, 0.3) is 6.01 Å². The number of aryl methyl sites for hydroxylation is 1. The number of nitrogens with zero attached hydrogens (tertiary/aromatic N) is 2. The maximum atomic E-state index is 5.98. The molecular weight excluding hydrogens is 214 g/mol. The van der Waals surface area contributed by atoms with Gasteiger partial charge < -0.3 is 10.1 Å². The molecule has 2 aromatic rings. The third-order valence-electron chi connectivity index (χ3n) is 3.30.